The summed E-state index contributed by atoms with van der Waals surface area (Å²) in [6, 6.07) is 1.99. The molecule has 1 atom stereocenters. The molecule has 1 aliphatic rings. The van der Waals surface area contributed by atoms with Crippen molar-refractivity contribution in [2.75, 3.05) is 13.1 Å². The largest absolute Gasteiger partial charge is 0.480 e. The monoisotopic (exact) mass is 309 g/mol. The first-order chi connectivity index (χ1) is 10.0. The molecule has 1 aliphatic carbocycles. The van der Waals surface area contributed by atoms with Crippen LogP contribution < -0.4 is 0 Å². The van der Waals surface area contributed by atoms with Crippen LogP contribution in [0.3, 0.4) is 0 Å². The van der Waals surface area contributed by atoms with Gasteiger partial charge < -0.3 is 10.0 Å². The first kappa shape index (κ1) is 16.0. The maximum atomic E-state index is 12.5. The van der Waals surface area contributed by atoms with Crippen molar-refractivity contribution in [2.24, 2.45) is 5.92 Å². The van der Waals surface area contributed by atoms with Crippen LogP contribution in [0.4, 0.5) is 0 Å². The standard InChI is InChI=1S/C16H23NO3S/c1-3-7-17(10-15(18)19)16(20)14-9-12-8-11(4-2)5-6-13(12)21-14/h9,11H,3-8,10H2,1-2H3,(H,18,19). The number of carboxylic acid groups (broad SMARTS) is 1. The summed E-state index contributed by atoms with van der Waals surface area (Å²) in [6.07, 6.45) is 5.26. The average molecular weight is 309 g/mol. The van der Waals surface area contributed by atoms with E-state index in [-0.39, 0.29) is 12.5 Å². The fourth-order valence-electron chi connectivity index (χ4n) is 2.89. The number of amides is 1. The molecule has 0 fully saturated rings. The zero-order valence-electron chi connectivity index (χ0n) is 12.7. The van der Waals surface area contributed by atoms with E-state index in [2.05, 4.69) is 6.92 Å². The van der Waals surface area contributed by atoms with E-state index in [1.807, 2.05) is 13.0 Å². The molecule has 0 spiro atoms. The summed E-state index contributed by atoms with van der Waals surface area (Å²) in [5, 5.41) is 8.94. The van der Waals surface area contributed by atoms with Gasteiger partial charge in [0.15, 0.2) is 0 Å². The maximum Gasteiger partial charge on any atom is 0.323 e. The predicted molar refractivity (Wildman–Crippen MR) is 84.0 cm³/mol. The number of fused-ring (bicyclic) bond motifs is 1. The smallest absolute Gasteiger partial charge is 0.323 e. The number of carboxylic acids is 1. The molecule has 1 N–H and O–H groups in total. The SMILES string of the molecule is CCCN(CC(=O)O)C(=O)c1cc2c(s1)CCC(CC)C2. The Labute approximate surface area is 129 Å². The van der Waals surface area contributed by atoms with E-state index in [1.54, 1.807) is 11.3 Å². The Morgan fingerprint density at radius 3 is 2.81 bits per heavy atom. The highest BCUT2D eigenvalue weighted by Gasteiger charge is 2.25. The normalized spacial score (nSPS) is 17.3. The van der Waals surface area contributed by atoms with E-state index in [9.17, 15) is 9.59 Å². The minimum atomic E-state index is -0.954. The van der Waals surface area contributed by atoms with Gasteiger partial charge in [-0.1, -0.05) is 20.3 Å². The van der Waals surface area contributed by atoms with Gasteiger partial charge in [0, 0.05) is 11.4 Å². The predicted octanol–water partition coefficient (Wildman–Crippen LogP) is 3.20. The van der Waals surface area contributed by atoms with Crippen LogP contribution in [0, 0.1) is 5.92 Å². The summed E-state index contributed by atoms with van der Waals surface area (Å²) in [6.45, 7) is 4.44. The molecule has 0 radical (unpaired) electrons. The molecule has 1 amide bonds. The molecule has 5 heteroatoms. The van der Waals surface area contributed by atoms with Crippen LogP contribution in [-0.4, -0.2) is 35.0 Å². The van der Waals surface area contributed by atoms with Crippen molar-refractivity contribution >= 4 is 23.2 Å². The highest BCUT2D eigenvalue weighted by atomic mass is 32.1. The number of nitrogens with zero attached hydrogens (tertiary/aromatic N) is 1. The highest BCUT2D eigenvalue weighted by molar-refractivity contribution is 7.14. The lowest BCUT2D eigenvalue weighted by atomic mass is 9.87. The Morgan fingerprint density at radius 2 is 2.19 bits per heavy atom. The number of aryl methyl sites for hydroxylation is 1. The number of hydrogen-bond donors (Lipinski definition) is 1. The van der Waals surface area contributed by atoms with Crippen molar-refractivity contribution < 1.29 is 14.7 Å². The second kappa shape index (κ2) is 7.07. The van der Waals surface area contributed by atoms with Gasteiger partial charge in [0.1, 0.15) is 6.54 Å². The van der Waals surface area contributed by atoms with Gasteiger partial charge in [0.05, 0.1) is 4.88 Å². The molecular formula is C16H23NO3S. The maximum absolute atomic E-state index is 12.5. The van der Waals surface area contributed by atoms with Gasteiger partial charge in [-0.15, -0.1) is 11.3 Å². The number of hydrogen-bond acceptors (Lipinski definition) is 3. The van der Waals surface area contributed by atoms with Crippen molar-refractivity contribution in [3.63, 3.8) is 0 Å². The zero-order valence-corrected chi connectivity index (χ0v) is 13.5. The molecule has 1 heterocycles. The molecule has 4 nitrogen and oxygen atoms in total. The number of rotatable bonds is 6. The van der Waals surface area contributed by atoms with E-state index < -0.39 is 5.97 Å². The summed E-state index contributed by atoms with van der Waals surface area (Å²) in [5.41, 5.74) is 1.30. The molecule has 0 aromatic carbocycles. The quantitative estimate of drug-likeness (QED) is 0.878. The minimum absolute atomic E-state index is 0.133. The second-order valence-corrected chi connectivity index (χ2v) is 6.83. The van der Waals surface area contributed by atoms with Crippen LogP contribution >= 0.6 is 11.3 Å². The van der Waals surface area contributed by atoms with Gasteiger partial charge in [-0.05, 0) is 43.2 Å². The lowest BCUT2D eigenvalue weighted by Crippen LogP contribution is -2.35. The highest BCUT2D eigenvalue weighted by Crippen LogP contribution is 2.34. The molecule has 116 valence electrons. The summed E-state index contributed by atoms with van der Waals surface area (Å²) < 4.78 is 0. The first-order valence-electron chi connectivity index (χ1n) is 7.67. The van der Waals surface area contributed by atoms with Gasteiger partial charge in [-0.2, -0.15) is 0 Å². The first-order valence-corrected chi connectivity index (χ1v) is 8.49. The van der Waals surface area contributed by atoms with Crippen molar-refractivity contribution in [3.8, 4) is 0 Å². The van der Waals surface area contributed by atoms with Crippen LogP contribution in [0.5, 0.6) is 0 Å². The van der Waals surface area contributed by atoms with E-state index >= 15 is 0 Å². The van der Waals surface area contributed by atoms with E-state index in [0.29, 0.717) is 11.4 Å². The molecule has 0 saturated heterocycles. The minimum Gasteiger partial charge on any atom is -0.480 e. The van der Waals surface area contributed by atoms with Crippen molar-refractivity contribution in [2.45, 2.75) is 46.0 Å². The molecule has 2 rings (SSSR count). The van der Waals surface area contributed by atoms with Gasteiger partial charge in [-0.25, -0.2) is 0 Å². The lowest BCUT2D eigenvalue weighted by Gasteiger charge is -2.19. The topological polar surface area (TPSA) is 57.6 Å². The van der Waals surface area contributed by atoms with Crippen LogP contribution in [0.25, 0.3) is 0 Å². The number of thiophene rings is 1. The van der Waals surface area contributed by atoms with Gasteiger partial charge >= 0.3 is 5.97 Å². The summed E-state index contributed by atoms with van der Waals surface area (Å²) in [7, 11) is 0. The van der Waals surface area contributed by atoms with Gasteiger partial charge in [0.2, 0.25) is 0 Å². The molecule has 1 aromatic rings. The van der Waals surface area contributed by atoms with Gasteiger partial charge in [-0.3, -0.25) is 9.59 Å². The Hall–Kier alpha value is -1.36. The third kappa shape index (κ3) is 3.84. The molecular weight excluding hydrogens is 286 g/mol. The third-order valence-corrected chi connectivity index (χ3v) is 5.30. The zero-order chi connectivity index (χ0) is 15.4. The Morgan fingerprint density at radius 1 is 1.43 bits per heavy atom. The second-order valence-electron chi connectivity index (χ2n) is 5.70. The molecule has 0 saturated carbocycles. The molecule has 1 aromatic heterocycles. The van der Waals surface area contributed by atoms with E-state index in [0.717, 1.165) is 25.2 Å². The fraction of sp³-hybridized carbons (Fsp3) is 0.625. The van der Waals surface area contributed by atoms with Crippen LogP contribution in [0.2, 0.25) is 0 Å². The Balaban J connectivity index is 2.15. The number of carbonyl (C=O) groups excluding carboxylic acids is 1. The van der Waals surface area contributed by atoms with Crippen LogP contribution in [0.15, 0.2) is 6.07 Å². The number of aliphatic carboxylic acids is 1. The lowest BCUT2D eigenvalue weighted by molar-refractivity contribution is -0.137. The van der Waals surface area contributed by atoms with Crippen molar-refractivity contribution in [1.82, 2.24) is 4.90 Å². The molecule has 0 bridgehead atoms. The van der Waals surface area contributed by atoms with Crippen LogP contribution in [0.1, 0.15) is 53.2 Å². The number of carbonyl (C=O) groups is 2. The average Bonchev–Trinajstić information content (AvgIpc) is 2.88. The van der Waals surface area contributed by atoms with E-state index in [1.165, 1.54) is 28.2 Å². The Bertz CT molecular complexity index is 524. The summed E-state index contributed by atoms with van der Waals surface area (Å²) >= 11 is 1.55. The third-order valence-electron chi connectivity index (χ3n) is 4.08. The van der Waals surface area contributed by atoms with E-state index in [4.69, 9.17) is 5.11 Å². The van der Waals surface area contributed by atoms with Crippen molar-refractivity contribution in [1.29, 1.82) is 0 Å². The molecule has 21 heavy (non-hydrogen) atoms. The van der Waals surface area contributed by atoms with Crippen molar-refractivity contribution in [3.05, 3.63) is 21.4 Å². The van der Waals surface area contributed by atoms with Crippen LogP contribution in [-0.2, 0) is 17.6 Å². The van der Waals surface area contributed by atoms with Gasteiger partial charge in [0.25, 0.3) is 5.91 Å². The fourth-order valence-corrected chi connectivity index (χ4v) is 4.07. The Kier molecular flexibility index (Phi) is 5.39. The summed E-state index contributed by atoms with van der Waals surface area (Å²) in [5.74, 6) is -0.364. The molecule has 0 aliphatic heterocycles. The molecule has 1 unspecified atom stereocenters. The summed E-state index contributed by atoms with van der Waals surface area (Å²) in [4.78, 5) is 26.9.